The van der Waals surface area contributed by atoms with E-state index >= 15 is 0 Å². The van der Waals surface area contributed by atoms with Crippen LogP contribution in [0.15, 0.2) is 30.8 Å². The van der Waals surface area contributed by atoms with Gasteiger partial charge in [0.25, 0.3) is 5.91 Å². The van der Waals surface area contributed by atoms with E-state index in [1.165, 1.54) is 6.42 Å². The Labute approximate surface area is 137 Å². The molecular weight excluding hydrogens is 288 g/mol. The normalized spacial score (nSPS) is 22.8. The molecule has 122 valence electrons. The molecule has 0 radical (unpaired) electrons. The molecule has 2 aliphatic heterocycles. The summed E-state index contributed by atoms with van der Waals surface area (Å²) in [5.41, 5.74) is 2.11. The second-order valence-electron chi connectivity index (χ2n) is 6.70. The molecule has 4 heteroatoms. The Bertz CT molecular complexity index is 618. The number of rotatable bonds is 2. The molecule has 23 heavy (non-hydrogen) atoms. The van der Waals surface area contributed by atoms with E-state index in [1.54, 1.807) is 11.0 Å². The zero-order valence-corrected chi connectivity index (χ0v) is 13.9. The Morgan fingerprint density at radius 2 is 1.91 bits per heavy atom. The number of hydrogen-bond donors (Lipinski definition) is 0. The maximum Gasteiger partial charge on any atom is 0.259 e. The minimum Gasteiger partial charge on any atom is -0.341 e. The molecule has 0 spiro atoms. The Morgan fingerprint density at radius 3 is 2.61 bits per heavy atom. The SMILES string of the molecule is C=C1c2ccccc2C(=O)N1[C@H](C)C(=O)N1CCC[C@@H](C)CC1. The van der Waals surface area contributed by atoms with Gasteiger partial charge in [0.05, 0.1) is 0 Å². The Balaban J connectivity index is 1.78. The van der Waals surface area contributed by atoms with Gasteiger partial charge in [0, 0.05) is 29.9 Å². The van der Waals surface area contributed by atoms with Gasteiger partial charge in [-0.3, -0.25) is 14.5 Å². The van der Waals surface area contributed by atoms with Crippen LogP contribution >= 0.6 is 0 Å². The van der Waals surface area contributed by atoms with E-state index in [0.29, 0.717) is 17.2 Å². The quantitative estimate of drug-likeness (QED) is 0.841. The zero-order valence-electron chi connectivity index (χ0n) is 13.9. The molecule has 1 aromatic carbocycles. The second kappa shape index (κ2) is 6.19. The topological polar surface area (TPSA) is 40.6 Å². The molecule has 2 amide bonds. The van der Waals surface area contributed by atoms with E-state index in [1.807, 2.05) is 30.0 Å². The molecule has 2 atom stereocenters. The molecule has 3 rings (SSSR count). The van der Waals surface area contributed by atoms with Crippen molar-refractivity contribution >= 4 is 17.5 Å². The van der Waals surface area contributed by atoms with Crippen molar-refractivity contribution < 1.29 is 9.59 Å². The van der Waals surface area contributed by atoms with Crippen molar-refractivity contribution in [1.29, 1.82) is 0 Å². The second-order valence-corrected chi connectivity index (χ2v) is 6.70. The van der Waals surface area contributed by atoms with Crippen molar-refractivity contribution in [1.82, 2.24) is 9.80 Å². The summed E-state index contributed by atoms with van der Waals surface area (Å²) >= 11 is 0. The molecule has 2 heterocycles. The summed E-state index contributed by atoms with van der Waals surface area (Å²) in [5, 5.41) is 0. The standard InChI is InChI=1S/C19H24N2O2/c1-13-7-6-11-20(12-10-13)18(22)15(3)21-14(2)16-8-4-5-9-17(16)19(21)23/h4-5,8-9,13,15H,2,6-7,10-12H2,1,3H3/t13-,15-/m1/s1. The molecule has 2 aliphatic rings. The number of amides is 2. The number of nitrogens with zero attached hydrogens (tertiary/aromatic N) is 2. The fourth-order valence-corrected chi connectivity index (χ4v) is 3.57. The van der Waals surface area contributed by atoms with Crippen LogP contribution in [0.2, 0.25) is 0 Å². The van der Waals surface area contributed by atoms with Crippen LogP contribution < -0.4 is 0 Å². The van der Waals surface area contributed by atoms with E-state index < -0.39 is 6.04 Å². The Morgan fingerprint density at radius 1 is 1.22 bits per heavy atom. The number of fused-ring (bicyclic) bond motifs is 1. The lowest BCUT2D eigenvalue weighted by atomic mass is 10.0. The first-order chi connectivity index (χ1) is 11.0. The summed E-state index contributed by atoms with van der Waals surface area (Å²) in [6, 6.07) is 6.92. The van der Waals surface area contributed by atoms with Crippen molar-refractivity contribution in [3.8, 4) is 0 Å². The maximum absolute atomic E-state index is 12.9. The lowest BCUT2D eigenvalue weighted by Gasteiger charge is -2.30. The monoisotopic (exact) mass is 312 g/mol. The molecule has 0 aliphatic carbocycles. The van der Waals surface area contributed by atoms with Crippen LogP contribution in [0, 0.1) is 5.92 Å². The van der Waals surface area contributed by atoms with Gasteiger partial charge in [0.2, 0.25) is 5.91 Å². The lowest BCUT2D eigenvalue weighted by molar-refractivity contribution is -0.134. The first kappa shape index (κ1) is 15.8. The van der Waals surface area contributed by atoms with Gasteiger partial charge in [0.1, 0.15) is 6.04 Å². The molecule has 1 saturated heterocycles. The summed E-state index contributed by atoms with van der Waals surface area (Å²) in [4.78, 5) is 29.0. The maximum atomic E-state index is 12.9. The number of hydrogen-bond acceptors (Lipinski definition) is 2. The van der Waals surface area contributed by atoms with Crippen molar-refractivity contribution in [2.45, 2.75) is 39.2 Å². The van der Waals surface area contributed by atoms with E-state index in [-0.39, 0.29) is 11.8 Å². The molecule has 0 aromatic heterocycles. The van der Waals surface area contributed by atoms with Crippen molar-refractivity contribution in [2.75, 3.05) is 13.1 Å². The van der Waals surface area contributed by atoms with Crippen LogP contribution in [0.3, 0.4) is 0 Å². The number of likely N-dealkylation sites (tertiary alicyclic amines) is 1. The molecule has 1 fully saturated rings. The Kier molecular flexibility index (Phi) is 4.24. The van der Waals surface area contributed by atoms with Gasteiger partial charge in [0.15, 0.2) is 0 Å². The summed E-state index contributed by atoms with van der Waals surface area (Å²) in [6.07, 6.45) is 3.24. The third-order valence-corrected chi connectivity index (χ3v) is 5.05. The van der Waals surface area contributed by atoms with E-state index in [0.717, 1.165) is 31.5 Å². The first-order valence-corrected chi connectivity index (χ1v) is 8.41. The largest absolute Gasteiger partial charge is 0.341 e. The van der Waals surface area contributed by atoms with Gasteiger partial charge in [-0.25, -0.2) is 0 Å². The van der Waals surface area contributed by atoms with Crippen LogP contribution in [-0.2, 0) is 4.79 Å². The van der Waals surface area contributed by atoms with Crippen LogP contribution in [-0.4, -0.2) is 40.7 Å². The van der Waals surface area contributed by atoms with E-state index in [4.69, 9.17) is 0 Å². The van der Waals surface area contributed by atoms with E-state index in [9.17, 15) is 9.59 Å². The highest BCUT2D eigenvalue weighted by atomic mass is 16.2. The van der Waals surface area contributed by atoms with Gasteiger partial charge in [-0.15, -0.1) is 0 Å². The molecule has 0 bridgehead atoms. The fourth-order valence-electron chi connectivity index (χ4n) is 3.57. The zero-order chi connectivity index (χ0) is 16.6. The summed E-state index contributed by atoms with van der Waals surface area (Å²) in [6.45, 7) is 9.66. The van der Waals surface area contributed by atoms with Gasteiger partial charge < -0.3 is 4.90 Å². The minimum absolute atomic E-state index is 0.0291. The minimum atomic E-state index is -0.504. The third-order valence-electron chi connectivity index (χ3n) is 5.05. The molecular formula is C19H24N2O2. The van der Waals surface area contributed by atoms with Crippen molar-refractivity contribution in [3.63, 3.8) is 0 Å². The number of carbonyl (C=O) groups excluding carboxylic acids is 2. The number of carbonyl (C=O) groups is 2. The summed E-state index contributed by atoms with van der Waals surface area (Å²) in [5.74, 6) is 0.576. The van der Waals surface area contributed by atoms with Crippen molar-refractivity contribution in [3.05, 3.63) is 42.0 Å². The van der Waals surface area contributed by atoms with Gasteiger partial charge >= 0.3 is 0 Å². The van der Waals surface area contributed by atoms with Crippen LogP contribution in [0.1, 0.15) is 49.0 Å². The van der Waals surface area contributed by atoms with Gasteiger partial charge in [-0.1, -0.05) is 31.7 Å². The van der Waals surface area contributed by atoms with Gasteiger partial charge in [-0.2, -0.15) is 0 Å². The Hall–Kier alpha value is -2.10. The lowest BCUT2D eigenvalue weighted by Crippen LogP contribution is -2.47. The van der Waals surface area contributed by atoms with Crippen LogP contribution in [0.4, 0.5) is 0 Å². The fraction of sp³-hybridized carbons (Fsp3) is 0.474. The van der Waals surface area contributed by atoms with Crippen LogP contribution in [0.5, 0.6) is 0 Å². The predicted octanol–water partition coefficient (Wildman–Crippen LogP) is 3.15. The number of benzene rings is 1. The highest BCUT2D eigenvalue weighted by Gasteiger charge is 2.38. The van der Waals surface area contributed by atoms with Crippen molar-refractivity contribution in [2.24, 2.45) is 5.92 Å². The smallest absolute Gasteiger partial charge is 0.259 e. The van der Waals surface area contributed by atoms with Crippen LogP contribution in [0.25, 0.3) is 5.70 Å². The van der Waals surface area contributed by atoms with E-state index in [2.05, 4.69) is 13.5 Å². The summed E-state index contributed by atoms with van der Waals surface area (Å²) < 4.78 is 0. The molecule has 1 aromatic rings. The molecule has 0 N–H and O–H groups in total. The molecule has 4 nitrogen and oxygen atoms in total. The third kappa shape index (κ3) is 2.78. The highest BCUT2D eigenvalue weighted by Crippen LogP contribution is 2.33. The molecule has 0 saturated carbocycles. The van der Waals surface area contributed by atoms with Gasteiger partial charge in [-0.05, 0) is 38.2 Å². The highest BCUT2D eigenvalue weighted by molar-refractivity contribution is 6.10. The summed E-state index contributed by atoms with van der Waals surface area (Å²) in [7, 11) is 0. The average Bonchev–Trinajstić information content (AvgIpc) is 2.69. The molecule has 0 unspecified atom stereocenters. The predicted molar refractivity (Wildman–Crippen MR) is 90.7 cm³/mol. The average molecular weight is 312 g/mol. The first-order valence-electron chi connectivity index (χ1n) is 8.41.